The van der Waals surface area contributed by atoms with E-state index in [-0.39, 0.29) is 5.91 Å². The summed E-state index contributed by atoms with van der Waals surface area (Å²) < 4.78 is 10.8. The minimum absolute atomic E-state index is 0.0866. The van der Waals surface area contributed by atoms with Crippen LogP contribution in [0.2, 0.25) is 0 Å². The van der Waals surface area contributed by atoms with Crippen molar-refractivity contribution in [2.24, 2.45) is 0 Å². The topological polar surface area (TPSA) is 70.8 Å². The average molecular weight is 346 g/mol. The van der Waals surface area contributed by atoms with Gasteiger partial charge in [-0.15, -0.1) is 0 Å². The normalized spacial score (nSPS) is 16.4. The quantitative estimate of drug-likeness (QED) is 0.722. The highest BCUT2D eigenvalue weighted by Crippen LogP contribution is 2.16. The average Bonchev–Trinajstić information content (AvgIpc) is 3.03. The molecule has 25 heavy (non-hydrogen) atoms. The number of fused-ring (bicyclic) bond motifs is 1. The van der Waals surface area contributed by atoms with E-state index in [1.165, 1.54) is 0 Å². The van der Waals surface area contributed by atoms with Crippen LogP contribution in [-0.4, -0.2) is 73.7 Å². The Morgan fingerprint density at radius 1 is 1.24 bits per heavy atom. The predicted octanol–water partition coefficient (Wildman–Crippen LogP) is 1.10. The molecule has 1 fully saturated rings. The molecule has 1 aromatic heterocycles. The van der Waals surface area contributed by atoms with Crippen molar-refractivity contribution >= 4 is 17.0 Å². The van der Waals surface area contributed by atoms with E-state index in [1.807, 2.05) is 24.3 Å². The van der Waals surface area contributed by atoms with Gasteiger partial charge in [0.2, 0.25) is 11.8 Å². The van der Waals surface area contributed by atoms with E-state index < -0.39 is 0 Å². The first kappa shape index (κ1) is 17.8. The fourth-order valence-corrected chi connectivity index (χ4v) is 2.99. The van der Waals surface area contributed by atoms with Gasteiger partial charge in [0.05, 0.1) is 13.1 Å². The molecule has 136 valence electrons. The van der Waals surface area contributed by atoms with Gasteiger partial charge in [-0.05, 0) is 18.6 Å². The van der Waals surface area contributed by atoms with Crippen molar-refractivity contribution in [1.29, 1.82) is 0 Å². The Morgan fingerprint density at radius 3 is 2.76 bits per heavy atom. The number of benzene rings is 1. The molecule has 1 aromatic carbocycles. The third-order valence-electron chi connectivity index (χ3n) is 4.38. The molecule has 7 nitrogen and oxygen atoms in total. The Kier molecular flexibility index (Phi) is 6.38. The molecule has 0 radical (unpaired) electrons. The summed E-state index contributed by atoms with van der Waals surface area (Å²) in [7, 11) is 1.67. The minimum atomic E-state index is 0.0866. The van der Waals surface area contributed by atoms with Gasteiger partial charge in [-0.2, -0.15) is 0 Å². The number of hydrogen-bond donors (Lipinski definition) is 1. The van der Waals surface area contributed by atoms with Crippen molar-refractivity contribution in [3.63, 3.8) is 0 Å². The number of nitrogens with zero attached hydrogens (tertiary/aromatic N) is 3. The molecule has 7 heteroatoms. The van der Waals surface area contributed by atoms with Crippen molar-refractivity contribution in [1.82, 2.24) is 20.1 Å². The van der Waals surface area contributed by atoms with E-state index in [2.05, 4.69) is 20.1 Å². The van der Waals surface area contributed by atoms with Crippen molar-refractivity contribution in [3.05, 3.63) is 30.2 Å². The van der Waals surface area contributed by atoms with Gasteiger partial charge in [0, 0.05) is 46.4 Å². The van der Waals surface area contributed by atoms with Crippen molar-refractivity contribution in [2.45, 2.75) is 13.0 Å². The number of ether oxygens (including phenoxy) is 1. The van der Waals surface area contributed by atoms with Gasteiger partial charge in [0.25, 0.3) is 0 Å². The Bertz CT molecular complexity index is 647. The molecule has 0 bridgehead atoms. The van der Waals surface area contributed by atoms with Crippen LogP contribution in [-0.2, 0) is 16.1 Å². The Morgan fingerprint density at radius 2 is 2.00 bits per heavy atom. The predicted molar refractivity (Wildman–Crippen MR) is 95.2 cm³/mol. The summed E-state index contributed by atoms with van der Waals surface area (Å²) in [5.74, 6) is 0.842. The SMILES string of the molecule is COCCCNC(=O)CN1CCN(Cc2nc3ccccc3o2)CC1. The lowest BCUT2D eigenvalue weighted by Crippen LogP contribution is -2.49. The summed E-state index contributed by atoms with van der Waals surface area (Å²) >= 11 is 0. The number of oxazole rings is 1. The number of rotatable bonds is 8. The van der Waals surface area contributed by atoms with E-state index in [0.29, 0.717) is 26.2 Å². The molecule has 0 atom stereocenters. The fraction of sp³-hybridized carbons (Fsp3) is 0.556. The number of aromatic nitrogens is 1. The van der Waals surface area contributed by atoms with Crippen LogP contribution < -0.4 is 5.32 Å². The van der Waals surface area contributed by atoms with Crippen LogP contribution >= 0.6 is 0 Å². The third kappa shape index (κ3) is 5.26. The highest BCUT2D eigenvalue weighted by Gasteiger charge is 2.20. The summed E-state index contributed by atoms with van der Waals surface area (Å²) in [6, 6.07) is 7.82. The second-order valence-corrected chi connectivity index (χ2v) is 6.32. The zero-order valence-corrected chi connectivity index (χ0v) is 14.7. The van der Waals surface area contributed by atoms with Crippen molar-refractivity contribution in [2.75, 3.05) is 53.0 Å². The van der Waals surface area contributed by atoms with E-state index in [0.717, 1.165) is 49.6 Å². The second-order valence-electron chi connectivity index (χ2n) is 6.32. The summed E-state index contributed by atoms with van der Waals surface area (Å²) in [5.41, 5.74) is 1.74. The summed E-state index contributed by atoms with van der Waals surface area (Å²) in [6.07, 6.45) is 0.848. The van der Waals surface area contributed by atoms with Crippen molar-refractivity contribution < 1.29 is 13.9 Å². The zero-order valence-electron chi connectivity index (χ0n) is 14.7. The lowest BCUT2D eigenvalue weighted by Gasteiger charge is -2.33. The number of carbonyl (C=O) groups is 1. The van der Waals surface area contributed by atoms with E-state index in [1.54, 1.807) is 7.11 Å². The molecule has 1 aliphatic rings. The number of hydrogen-bond acceptors (Lipinski definition) is 6. The molecule has 0 spiro atoms. The summed E-state index contributed by atoms with van der Waals surface area (Å²) in [4.78, 5) is 20.9. The molecule has 0 aliphatic carbocycles. The fourth-order valence-electron chi connectivity index (χ4n) is 2.99. The Hall–Kier alpha value is -1.96. The lowest BCUT2D eigenvalue weighted by atomic mass is 10.3. The van der Waals surface area contributed by atoms with Crippen LogP contribution in [0.15, 0.2) is 28.7 Å². The van der Waals surface area contributed by atoms with Gasteiger partial charge in [0.1, 0.15) is 5.52 Å². The second kappa shape index (κ2) is 8.94. The molecule has 1 aliphatic heterocycles. The van der Waals surface area contributed by atoms with Crippen LogP contribution in [0, 0.1) is 0 Å². The molecule has 3 rings (SSSR count). The standard InChI is InChI=1S/C18H26N4O3/c1-24-12-4-7-19-17(23)13-21-8-10-22(11-9-21)14-18-20-15-5-2-3-6-16(15)25-18/h2-3,5-6H,4,7-14H2,1H3,(H,19,23). The van der Waals surface area contributed by atoms with E-state index >= 15 is 0 Å². The lowest BCUT2D eigenvalue weighted by molar-refractivity contribution is -0.122. The van der Waals surface area contributed by atoms with Crippen LogP contribution in [0.25, 0.3) is 11.1 Å². The van der Waals surface area contributed by atoms with Gasteiger partial charge >= 0.3 is 0 Å². The van der Waals surface area contributed by atoms with Gasteiger partial charge in [-0.25, -0.2) is 4.98 Å². The number of methoxy groups -OCH3 is 1. The maximum Gasteiger partial charge on any atom is 0.234 e. The van der Waals surface area contributed by atoms with Gasteiger partial charge < -0.3 is 14.5 Å². The molecule has 0 saturated carbocycles. The number of nitrogens with one attached hydrogen (secondary N) is 1. The van der Waals surface area contributed by atoms with Gasteiger partial charge in [0.15, 0.2) is 5.58 Å². The zero-order chi connectivity index (χ0) is 17.5. The van der Waals surface area contributed by atoms with Gasteiger partial charge in [-0.1, -0.05) is 12.1 Å². The van der Waals surface area contributed by atoms with Gasteiger partial charge in [-0.3, -0.25) is 14.6 Å². The smallest absolute Gasteiger partial charge is 0.234 e. The van der Waals surface area contributed by atoms with Crippen molar-refractivity contribution in [3.8, 4) is 0 Å². The number of piperazine rings is 1. The maximum absolute atomic E-state index is 11.9. The van der Waals surface area contributed by atoms with Crippen LogP contribution in [0.1, 0.15) is 12.3 Å². The molecular formula is C18H26N4O3. The highest BCUT2D eigenvalue weighted by atomic mass is 16.5. The maximum atomic E-state index is 11.9. The highest BCUT2D eigenvalue weighted by molar-refractivity contribution is 5.78. The first-order valence-corrected chi connectivity index (χ1v) is 8.79. The molecule has 2 aromatic rings. The van der Waals surface area contributed by atoms with Crippen LogP contribution in [0.5, 0.6) is 0 Å². The monoisotopic (exact) mass is 346 g/mol. The number of carbonyl (C=O) groups excluding carboxylic acids is 1. The first-order valence-electron chi connectivity index (χ1n) is 8.79. The number of para-hydroxylation sites is 2. The third-order valence-corrected chi connectivity index (χ3v) is 4.38. The van der Waals surface area contributed by atoms with E-state index in [9.17, 15) is 4.79 Å². The molecule has 0 unspecified atom stereocenters. The number of amides is 1. The molecule has 1 amide bonds. The largest absolute Gasteiger partial charge is 0.439 e. The molecule has 1 saturated heterocycles. The first-order chi connectivity index (χ1) is 12.2. The minimum Gasteiger partial charge on any atom is -0.439 e. The summed E-state index contributed by atoms with van der Waals surface area (Å²) in [6.45, 7) is 6.11. The summed E-state index contributed by atoms with van der Waals surface area (Å²) in [5, 5.41) is 2.93. The Labute approximate surface area is 147 Å². The molecule has 2 heterocycles. The Balaban J connectivity index is 1.39. The van der Waals surface area contributed by atoms with E-state index in [4.69, 9.17) is 9.15 Å². The van der Waals surface area contributed by atoms with Crippen LogP contribution in [0.4, 0.5) is 0 Å². The molecular weight excluding hydrogens is 320 g/mol. The molecule has 1 N–H and O–H groups in total. The van der Waals surface area contributed by atoms with Crippen LogP contribution in [0.3, 0.4) is 0 Å².